The number of rotatable bonds is 4. The molecular formula is C19H21FN2O2S. The van der Waals surface area contributed by atoms with Crippen molar-refractivity contribution in [3.63, 3.8) is 0 Å². The van der Waals surface area contributed by atoms with Crippen LogP contribution in [-0.4, -0.2) is 43.3 Å². The maximum atomic E-state index is 13.2. The van der Waals surface area contributed by atoms with E-state index in [0.29, 0.717) is 19.1 Å². The molecule has 1 heterocycles. The van der Waals surface area contributed by atoms with E-state index in [-0.39, 0.29) is 10.9 Å². The number of nitrogens with zero attached hydrogens (tertiary/aromatic N) is 2. The minimum absolute atomic E-state index is 0.148. The van der Waals surface area contributed by atoms with Crippen LogP contribution in [0.2, 0.25) is 0 Å². The Morgan fingerprint density at radius 1 is 0.920 bits per heavy atom. The molecule has 2 fully saturated rings. The fourth-order valence-corrected chi connectivity index (χ4v) is 5.13. The van der Waals surface area contributed by atoms with Crippen molar-refractivity contribution in [3.05, 3.63) is 66.0 Å². The second kappa shape index (κ2) is 6.52. The van der Waals surface area contributed by atoms with Crippen molar-refractivity contribution in [3.8, 4) is 0 Å². The Morgan fingerprint density at radius 2 is 1.60 bits per heavy atom. The van der Waals surface area contributed by atoms with E-state index < -0.39 is 15.8 Å². The Morgan fingerprint density at radius 3 is 2.24 bits per heavy atom. The number of halogens is 1. The molecule has 1 atom stereocenters. The van der Waals surface area contributed by atoms with Crippen LogP contribution < -0.4 is 0 Å². The predicted molar refractivity (Wildman–Crippen MR) is 94.1 cm³/mol. The topological polar surface area (TPSA) is 40.6 Å². The fourth-order valence-electron chi connectivity index (χ4n) is 3.54. The number of hydrogen-bond acceptors (Lipinski definition) is 3. The summed E-state index contributed by atoms with van der Waals surface area (Å²) in [4.78, 5) is 2.55. The van der Waals surface area contributed by atoms with Gasteiger partial charge < -0.3 is 0 Å². The molecule has 132 valence electrons. The Bertz CT molecular complexity index is 835. The summed E-state index contributed by atoms with van der Waals surface area (Å²) in [5.74, 6) is -0.433. The average Bonchev–Trinajstić information content (AvgIpc) is 3.47. The lowest BCUT2D eigenvalue weighted by Gasteiger charge is -2.41. The molecule has 1 aliphatic carbocycles. The van der Waals surface area contributed by atoms with Gasteiger partial charge in [-0.2, -0.15) is 4.31 Å². The summed E-state index contributed by atoms with van der Waals surface area (Å²) >= 11 is 0. The number of sulfonamides is 1. The third-order valence-corrected chi connectivity index (χ3v) is 6.95. The van der Waals surface area contributed by atoms with E-state index in [1.807, 2.05) is 30.3 Å². The molecule has 1 saturated carbocycles. The summed E-state index contributed by atoms with van der Waals surface area (Å²) in [6, 6.07) is 15.2. The van der Waals surface area contributed by atoms with Crippen molar-refractivity contribution in [1.82, 2.24) is 9.21 Å². The molecule has 4 rings (SSSR count). The Balaban J connectivity index is 1.69. The third kappa shape index (κ3) is 3.34. The minimum Gasteiger partial charge on any atom is -0.297 e. The van der Waals surface area contributed by atoms with Crippen LogP contribution in [0.5, 0.6) is 0 Å². The van der Waals surface area contributed by atoms with Crippen LogP contribution in [0.3, 0.4) is 0 Å². The minimum atomic E-state index is -3.66. The number of hydrogen-bond donors (Lipinski definition) is 0. The molecule has 0 bridgehead atoms. The number of benzene rings is 2. The summed E-state index contributed by atoms with van der Waals surface area (Å²) in [6.45, 7) is 1.90. The Kier molecular flexibility index (Phi) is 4.35. The molecule has 1 saturated heterocycles. The molecule has 0 aromatic heterocycles. The van der Waals surface area contributed by atoms with Gasteiger partial charge in [0.15, 0.2) is 0 Å². The highest BCUT2D eigenvalue weighted by Crippen LogP contribution is 2.36. The van der Waals surface area contributed by atoms with Crippen LogP contribution in [-0.2, 0) is 10.0 Å². The summed E-state index contributed by atoms with van der Waals surface area (Å²) in [5, 5.41) is 0. The van der Waals surface area contributed by atoms with Gasteiger partial charge in [0.2, 0.25) is 10.0 Å². The molecule has 1 unspecified atom stereocenters. The first-order chi connectivity index (χ1) is 12.1. The molecule has 2 aromatic rings. The standard InChI is InChI=1S/C19H21FN2O2S/c20-16-6-10-18(11-7-16)25(23,24)22-13-12-21(17-8-9-17)14-19(22)15-4-2-1-3-5-15/h1-7,10-11,17,19H,8-9,12-14H2. The van der Waals surface area contributed by atoms with E-state index in [1.54, 1.807) is 4.31 Å². The van der Waals surface area contributed by atoms with Crippen LogP contribution in [0, 0.1) is 5.82 Å². The highest BCUT2D eigenvalue weighted by molar-refractivity contribution is 7.89. The Hall–Kier alpha value is -1.76. The lowest BCUT2D eigenvalue weighted by atomic mass is 10.0. The third-order valence-electron chi connectivity index (χ3n) is 5.03. The molecule has 25 heavy (non-hydrogen) atoms. The SMILES string of the molecule is O=S(=O)(c1ccc(F)cc1)N1CCN(C2CC2)CC1c1ccccc1. The van der Waals surface area contributed by atoms with Crippen LogP contribution >= 0.6 is 0 Å². The van der Waals surface area contributed by atoms with Gasteiger partial charge in [-0.25, -0.2) is 12.8 Å². The smallest absolute Gasteiger partial charge is 0.243 e. The lowest BCUT2D eigenvalue weighted by molar-refractivity contribution is 0.128. The zero-order chi connectivity index (χ0) is 17.4. The molecule has 2 aliphatic rings. The maximum absolute atomic E-state index is 13.2. The second-order valence-electron chi connectivity index (χ2n) is 6.72. The average molecular weight is 360 g/mol. The van der Waals surface area contributed by atoms with Gasteiger partial charge in [0.05, 0.1) is 10.9 Å². The van der Waals surface area contributed by atoms with Gasteiger partial charge in [0.1, 0.15) is 5.82 Å². The van der Waals surface area contributed by atoms with Crippen molar-refractivity contribution in [2.45, 2.75) is 29.8 Å². The first-order valence-corrected chi connectivity index (χ1v) is 10.1. The molecule has 1 aliphatic heterocycles. The van der Waals surface area contributed by atoms with E-state index in [2.05, 4.69) is 4.90 Å². The van der Waals surface area contributed by atoms with E-state index in [0.717, 1.165) is 12.1 Å². The summed E-state index contributed by atoms with van der Waals surface area (Å²) in [7, 11) is -3.66. The van der Waals surface area contributed by atoms with E-state index >= 15 is 0 Å². The Labute approximate surface area is 147 Å². The van der Waals surface area contributed by atoms with Gasteiger partial charge in [-0.1, -0.05) is 30.3 Å². The highest BCUT2D eigenvalue weighted by atomic mass is 32.2. The molecule has 4 nitrogen and oxygen atoms in total. The molecular weight excluding hydrogens is 339 g/mol. The van der Waals surface area contributed by atoms with E-state index in [4.69, 9.17) is 0 Å². The fraction of sp³-hybridized carbons (Fsp3) is 0.368. The highest BCUT2D eigenvalue weighted by Gasteiger charge is 2.40. The largest absolute Gasteiger partial charge is 0.297 e. The maximum Gasteiger partial charge on any atom is 0.243 e. The monoisotopic (exact) mass is 360 g/mol. The van der Waals surface area contributed by atoms with Gasteiger partial charge in [0.25, 0.3) is 0 Å². The lowest BCUT2D eigenvalue weighted by Crippen LogP contribution is -2.51. The second-order valence-corrected chi connectivity index (χ2v) is 8.61. The first kappa shape index (κ1) is 16.7. The summed E-state index contributed by atoms with van der Waals surface area (Å²) < 4.78 is 41.1. The predicted octanol–water partition coefficient (Wildman–Crippen LogP) is 3.04. The number of piperazine rings is 1. The quantitative estimate of drug-likeness (QED) is 0.841. The molecule has 2 aromatic carbocycles. The molecule has 6 heteroatoms. The van der Waals surface area contributed by atoms with Crippen molar-refractivity contribution in [2.75, 3.05) is 19.6 Å². The molecule has 0 spiro atoms. The molecule has 0 N–H and O–H groups in total. The van der Waals surface area contributed by atoms with Gasteiger partial charge in [-0.15, -0.1) is 0 Å². The first-order valence-electron chi connectivity index (χ1n) is 8.62. The van der Waals surface area contributed by atoms with Gasteiger partial charge in [0, 0.05) is 25.7 Å². The van der Waals surface area contributed by atoms with E-state index in [9.17, 15) is 12.8 Å². The van der Waals surface area contributed by atoms with Crippen molar-refractivity contribution < 1.29 is 12.8 Å². The summed E-state index contributed by atoms with van der Waals surface area (Å²) in [6.07, 6.45) is 2.40. The zero-order valence-electron chi connectivity index (χ0n) is 13.9. The van der Waals surface area contributed by atoms with Gasteiger partial charge in [-0.05, 0) is 42.7 Å². The molecule has 0 radical (unpaired) electrons. The van der Waals surface area contributed by atoms with Crippen LogP contribution in [0.25, 0.3) is 0 Å². The van der Waals surface area contributed by atoms with Gasteiger partial charge in [-0.3, -0.25) is 4.90 Å². The zero-order valence-corrected chi connectivity index (χ0v) is 14.7. The van der Waals surface area contributed by atoms with Crippen LogP contribution in [0.15, 0.2) is 59.5 Å². The van der Waals surface area contributed by atoms with E-state index in [1.165, 1.54) is 37.1 Å². The van der Waals surface area contributed by atoms with Crippen molar-refractivity contribution >= 4 is 10.0 Å². The summed E-state index contributed by atoms with van der Waals surface area (Å²) in [5.41, 5.74) is 0.999. The molecule has 0 amide bonds. The van der Waals surface area contributed by atoms with Crippen molar-refractivity contribution in [2.24, 2.45) is 0 Å². The van der Waals surface area contributed by atoms with Crippen LogP contribution in [0.1, 0.15) is 24.4 Å². The normalized spacial score (nSPS) is 22.8. The van der Waals surface area contributed by atoms with Gasteiger partial charge >= 0.3 is 0 Å². The van der Waals surface area contributed by atoms with Crippen LogP contribution in [0.4, 0.5) is 4.39 Å². The van der Waals surface area contributed by atoms with Crippen molar-refractivity contribution in [1.29, 1.82) is 0 Å².